The smallest absolute Gasteiger partial charge is 0.351 e. The minimum Gasteiger partial charge on any atom is -0.394 e. The molecule has 1 unspecified atom stereocenters. The first-order chi connectivity index (χ1) is 12.3. The molecular formula is C15H22N6O5. The number of hydrogen-bond donors (Lipinski definition) is 4. The highest BCUT2D eigenvalue weighted by Crippen LogP contribution is 2.28. The van der Waals surface area contributed by atoms with E-state index in [0.717, 1.165) is 10.3 Å². The van der Waals surface area contributed by atoms with Crippen molar-refractivity contribution >= 4 is 5.82 Å². The number of anilines is 1. The molecule has 0 spiro atoms. The molecule has 1 fully saturated rings. The van der Waals surface area contributed by atoms with Gasteiger partial charge >= 0.3 is 5.69 Å². The fraction of sp³-hybridized carbons (Fsp3) is 0.600. The number of aliphatic hydroxyl groups excluding tert-OH is 3. The van der Waals surface area contributed by atoms with E-state index in [1.54, 1.807) is 10.9 Å². The summed E-state index contributed by atoms with van der Waals surface area (Å²) in [6, 6.07) is 0. The summed E-state index contributed by atoms with van der Waals surface area (Å²) in [5.74, 6) is 0.242. The van der Waals surface area contributed by atoms with Gasteiger partial charge in [-0.05, 0) is 5.92 Å². The standard InChI is InChI=1S/C15H22N6O5/c1-7(2)9-5-20(19-18-9)3-8-4-21(15(25)17-13(8)16)14-12(24)11(23)10(6-22)26-14/h4-5,7,10-12,14,22-24H,3,6H2,1-2H3,(H2,16,17,25)/t10-,11?,12+,14-/m1/s1. The van der Waals surface area contributed by atoms with Gasteiger partial charge < -0.3 is 25.8 Å². The Hall–Kier alpha value is -2.34. The van der Waals surface area contributed by atoms with Gasteiger partial charge in [0.05, 0.1) is 18.8 Å². The van der Waals surface area contributed by atoms with Crippen LogP contribution in [-0.4, -0.2) is 64.8 Å². The lowest BCUT2D eigenvalue weighted by Gasteiger charge is -2.18. The Morgan fingerprint density at radius 3 is 2.62 bits per heavy atom. The van der Waals surface area contributed by atoms with Crippen LogP contribution in [-0.2, 0) is 11.3 Å². The monoisotopic (exact) mass is 366 g/mol. The fourth-order valence-electron chi connectivity index (χ4n) is 2.77. The van der Waals surface area contributed by atoms with Crippen molar-refractivity contribution < 1.29 is 20.1 Å². The Balaban J connectivity index is 1.91. The van der Waals surface area contributed by atoms with Crippen molar-refractivity contribution in [1.29, 1.82) is 0 Å². The van der Waals surface area contributed by atoms with Crippen molar-refractivity contribution in [3.05, 3.63) is 34.1 Å². The normalized spacial score (nSPS) is 25.9. The number of ether oxygens (including phenoxy) is 1. The van der Waals surface area contributed by atoms with Crippen molar-refractivity contribution in [2.24, 2.45) is 0 Å². The SMILES string of the molecule is CC(C)c1cn(Cc2cn([C@@H]3O[C@H](CO)C(O)[C@@H]3O)c(=O)nc2N)nn1. The zero-order valence-corrected chi connectivity index (χ0v) is 14.4. The molecule has 0 aromatic carbocycles. The number of aliphatic hydroxyl groups is 3. The molecule has 3 rings (SSSR count). The van der Waals surface area contributed by atoms with Crippen LogP contribution in [0.4, 0.5) is 5.82 Å². The van der Waals surface area contributed by atoms with Crippen molar-refractivity contribution in [3.8, 4) is 0 Å². The van der Waals surface area contributed by atoms with Crippen LogP contribution in [0.5, 0.6) is 0 Å². The van der Waals surface area contributed by atoms with Crippen LogP contribution >= 0.6 is 0 Å². The molecule has 1 saturated heterocycles. The molecule has 0 bridgehead atoms. The average molecular weight is 366 g/mol. The Kier molecular flexibility index (Phi) is 5.05. The topological polar surface area (TPSA) is 162 Å². The second-order valence-corrected chi connectivity index (χ2v) is 6.57. The molecule has 142 valence electrons. The predicted molar refractivity (Wildman–Crippen MR) is 89.1 cm³/mol. The molecule has 0 amide bonds. The van der Waals surface area contributed by atoms with Gasteiger partial charge in [0.15, 0.2) is 6.23 Å². The lowest BCUT2D eigenvalue weighted by Crippen LogP contribution is -2.36. The summed E-state index contributed by atoms with van der Waals surface area (Å²) in [5, 5.41) is 37.3. The van der Waals surface area contributed by atoms with Gasteiger partial charge in [-0.15, -0.1) is 5.10 Å². The quantitative estimate of drug-likeness (QED) is 0.478. The lowest BCUT2D eigenvalue weighted by atomic mass is 10.1. The first-order valence-electron chi connectivity index (χ1n) is 8.21. The second-order valence-electron chi connectivity index (χ2n) is 6.57. The molecule has 5 N–H and O–H groups in total. The molecule has 1 aliphatic rings. The minimum absolute atomic E-state index is 0.0274. The molecule has 0 radical (unpaired) electrons. The van der Waals surface area contributed by atoms with E-state index in [1.165, 1.54) is 6.20 Å². The highest BCUT2D eigenvalue weighted by atomic mass is 16.6. The van der Waals surface area contributed by atoms with Crippen LogP contribution in [0.15, 0.2) is 17.2 Å². The Morgan fingerprint density at radius 2 is 2.04 bits per heavy atom. The van der Waals surface area contributed by atoms with E-state index in [4.69, 9.17) is 10.5 Å². The van der Waals surface area contributed by atoms with Gasteiger partial charge in [0.2, 0.25) is 0 Å². The lowest BCUT2D eigenvalue weighted by molar-refractivity contribution is -0.0550. The Morgan fingerprint density at radius 1 is 1.31 bits per heavy atom. The maximum Gasteiger partial charge on any atom is 0.351 e. The molecule has 1 aliphatic heterocycles. The molecule has 26 heavy (non-hydrogen) atoms. The van der Waals surface area contributed by atoms with Crippen LogP contribution in [0.2, 0.25) is 0 Å². The third kappa shape index (κ3) is 3.33. The van der Waals surface area contributed by atoms with Crippen LogP contribution in [0, 0.1) is 0 Å². The second kappa shape index (κ2) is 7.11. The third-order valence-corrected chi connectivity index (χ3v) is 4.33. The molecule has 2 aromatic rings. The van der Waals surface area contributed by atoms with Gasteiger partial charge in [-0.3, -0.25) is 4.57 Å². The zero-order valence-electron chi connectivity index (χ0n) is 14.4. The Labute approximate surface area is 148 Å². The minimum atomic E-state index is -1.39. The van der Waals surface area contributed by atoms with Crippen molar-refractivity contribution in [3.63, 3.8) is 0 Å². The molecule has 4 atom stereocenters. The summed E-state index contributed by atoms with van der Waals surface area (Å²) in [5.41, 5.74) is 6.39. The highest BCUT2D eigenvalue weighted by Gasteiger charge is 2.43. The van der Waals surface area contributed by atoms with E-state index in [-0.39, 0.29) is 18.3 Å². The number of hydrogen-bond acceptors (Lipinski definition) is 9. The van der Waals surface area contributed by atoms with Crippen LogP contribution in [0.25, 0.3) is 0 Å². The van der Waals surface area contributed by atoms with Crippen molar-refractivity contribution in [2.45, 2.75) is 50.8 Å². The summed E-state index contributed by atoms with van der Waals surface area (Å²) in [6.45, 7) is 3.71. The first-order valence-corrected chi connectivity index (χ1v) is 8.21. The largest absolute Gasteiger partial charge is 0.394 e. The first kappa shape index (κ1) is 18.5. The molecule has 11 nitrogen and oxygen atoms in total. The summed E-state index contributed by atoms with van der Waals surface area (Å²) in [4.78, 5) is 15.9. The molecule has 0 aliphatic carbocycles. The summed E-state index contributed by atoms with van der Waals surface area (Å²) >= 11 is 0. The van der Waals surface area contributed by atoms with Gasteiger partial charge in [0.1, 0.15) is 24.1 Å². The molecular weight excluding hydrogens is 344 g/mol. The number of nitrogens with two attached hydrogens (primary N) is 1. The average Bonchev–Trinajstić information content (AvgIpc) is 3.17. The van der Waals surface area contributed by atoms with Gasteiger partial charge in [-0.25, -0.2) is 9.48 Å². The predicted octanol–water partition coefficient (Wildman–Crippen LogP) is -1.80. The maximum atomic E-state index is 12.2. The zero-order chi connectivity index (χ0) is 19.0. The molecule has 3 heterocycles. The van der Waals surface area contributed by atoms with E-state index in [1.807, 2.05) is 13.8 Å². The number of nitrogen functional groups attached to an aromatic ring is 1. The molecule has 0 saturated carbocycles. The van der Waals surface area contributed by atoms with E-state index in [9.17, 15) is 20.1 Å². The van der Waals surface area contributed by atoms with Gasteiger partial charge in [-0.2, -0.15) is 4.98 Å². The van der Waals surface area contributed by atoms with Gasteiger partial charge in [0, 0.05) is 18.0 Å². The maximum absolute atomic E-state index is 12.2. The fourth-order valence-corrected chi connectivity index (χ4v) is 2.77. The number of nitrogens with zero attached hydrogens (tertiary/aromatic N) is 5. The van der Waals surface area contributed by atoms with E-state index < -0.39 is 36.8 Å². The summed E-state index contributed by atoms with van der Waals surface area (Å²) < 4.78 is 8.00. The van der Waals surface area contributed by atoms with Crippen LogP contribution in [0.3, 0.4) is 0 Å². The Bertz CT molecular complexity index is 834. The summed E-state index contributed by atoms with van der Waals surface area (Å²) in [6.07, 6.45) is -1.70. The highest BCUT2D eigenvalue weighted by molar-refractivity contribution is 5.37. The van der Waals surface area contributed by atoms with E-state index >= 15 is 0 Å². The van der Waals surface area contributed by atoms with Crippen molar-refractivity contribution in [1.82, 2.24) is 24.5 Å². The summed E-state index contributed by atoms with van der Waals surface area (Å²) in [7, 11) is 0. The molecule has 2 aromatic heterocycles. The van der Waals surface area contributed by atoms with Crippen LogP contribution in [0.1, 0.15) is 37.3 Å². The van der Waals surface area contributed by atoms with Gasteiger partial charge in [0.25, 0.3) is 0 Å². The van der Waals surface area contributed by atoms with Crippen molar-refractivity contribution in [2.75, 3.05) is 12.3 Å². The van der Waals surface area contributed by atoms with E-state index in [0.29, 0.717) is 5.56 Å². The number of aromatic nitrogens is 5. The van der Waals surface area contributed by atoms with Gasteiger partial charge in [-0.1, -0.05) is 19.1 Å². The molecule has 11 heteroatoms. The number of rotatable bonds is 5. The van der Waals surface area contributed by atoms with E-state index in [2.05, 4.69) is 15.3 Å². The third-order valence-electron chi connectivity index (χ3n) is 4.33. The van der Waals surface area contributed by atoms with Crippen LogP contribution < -0.4 is 11.4 Å².